The summed E-state index contributed by atoms with van der Waals surface area (Å²) in [6.45, 7) is 8.42. The predicted molar refractivity (Wildman–Crippen MR) is 86.1 cm³/mol. The summed E-state index contributed by atoms with van der Waals surface area (Å²) in [5.41, 5.74) is 0.628. The van der Waals surface area contributed by atoms with Crippen LogP contribution in [0.15, 0.2) is 29.2 Å². The quantitative estimate of drug-likeness (QED) is 0.651. The zero-order valence-electron chi connectivity index (χ0n) is 13.1. The van der Waals surface area contributed by atoms with E-state index in [9.17, 15) is 8.42 Å². The van der Waals surface area contributed by atoms with Crippen LogP contribution < -0.4 is 10.0 Å². The Balaban J connectivity index is 2.50. The number of anilines is 1. The highest BCUT2D eigenvalue weighted by Crippen LogP contribution is 2.20. The van der Waals surface area contributed by atoms with Gasteiger partial charge in [-0.3, -0.25) is 0 Å². The third-order valence-electron chi connectivity index (χ3n) is 2.75. The van der Waals surface area contributed by atoms with E-state index in [1.807, 2.05) is 13.0 Å². The molecule has 5 nitrogen and oxygen atoms in total. The van der Waals surface area contributed by atoms with Gasteiger partial charge in [0.05, 0.1) is 5.69 Å². The maximum atomic E-state index is 12.3. The second-order valence-corrected chi connectivity index (χ2v) is 6.98. The van der Waals surface area contributed by atoms with Crippen molar-refractivity contribution in [1.29, 1.82) is 0 Å². The smallest absolute Gasteiger partial charge is 0.242 e. The number of benzene rings is 1. The number of ether oxygens (including phenoxy) is 1. The lowest BCUT2D eigenvalue weighted by molar-refractivity contribution is 0.108. The normalized spacial score (nSPS) is 11.8. The lowest BCUT2D eigenvalue weighted by atomic mass is 10.2. The van der Waals surface area contributed by atoms with Gasteiger partial charge >= 0.3 is 0 Å². The van der Waals surface area contributed by atoms with Crippen molar-refractivity contribution in [1.82, 2.24) is 4.72 Å². The molecule has 0 amide bonds. The maximum Gasteiger partial charge on any atom is 0.242 e. The molecule has 0 bridgehead atoms. The van der Waals surface area contributed by atoms with E-state index >= 15 is 0 Å². The predicted octanol–water partition coefficient (Wildman–Crippen LogP) is 2.46. The van der Waals surface area contributed by atoms with E-state index in [0.29, 0.717) is 44.3 Å². The minimum atomic E-state index is -3.48. The molecule has 0 aliphatic heterocycles. The number of rotatable bonds is 10. The molecule has 0 aromatic heterocycles. The molecule has 0 atom stereocenters. The highest BCUT2D eigenvalue weighted by atomic mass is 32.2. The molecular weight excluding hydrogens is 288 g/mol. The molecule has 21 heavy (non-hydrogen) atoms. The van der Waals surface area contributed by atoms with E-state index in [2.05, 4.69) is 23.9 Å². The number of nitrogens with one attached hydrogen (secondary N) is 2. The lowest BCUT2D eigenvalue weighted by Crippen LogP contribution is -2.26. The van der Waals surface area contributed by atoms with Gasteiger partial charge in [-0.15, -0.1) is 0 Å². The van der Waals surface area contributed by atoms with Crippen LogP contribution in [0.5, 0.6) is 0 Å². The molecule has 0 unspecified atom stereocenters. The molecule has 0 radical (unpaired) electrons. The molecule has 6 heteroatoms. The largest absolute Gasteiger partial charge is 0.384 e. The molecular formula is C15H26N2O3S. The average Bonchev–Trinajstić information content (AvgIpc) is 2.43. The highest BCUT2D eigenvalue weighted by molar-refractivity contribution is 7.89. The summed E-state index contributed by atoms with van der Waals surface area (Å²) in [6.07, 6.45) is 0.662. The van der Waals surface area contributed by atoms with E-state index in [1.165, 1.54) is 0 Å². The standard InChI is InChI=1S/C15H26N2O3S/c1-4-16-14-8-5-6-9-15(14)21(18,19)17-10-7-11-20-12-13(2)3/h5-6,8-9,13,16-17H,4,7,10-12H2,1-3H3. The second-order valence-electron chi connectivity index (χ2n) is 5.25. The van der Waals surface area contributed by atoms with Gasteiger partial charge in [-0.2, -0.15) is 0 Å². The van der Waals surface area contributed by atoms with E-state index < -0.39 is 10.0 Å². The number of sulfonamides is 1. The van der Waals surface area contributed by atoms with Crippen LogP contribution in [0.4, 0.5) is 5.69 Å². The van der Waals surface area contributed by atoms with Crippen LogP contribution in [0.3, 0.4) is 0 Å². The first-order valence-corrected chi connectivity index (χ1v) is 8.86. The SMILES string of the molecule is CCNc1ccccc1S(=O)(=O)NCCCOCC(C)C. The molecule has 0 spiro atoms. The molecule has 0 aliphatic rings. The summed E-state index contributed by atoms with van der Waals surface area (Å²) >= 11 is 0. The maximum absolute atomic E-state index is 12.3. The van der Waals surface area contributed by atoms with Gasteiger partial charge in [-0.1, -0.05) is 26.0 Å². The van der Waals surface area contributed by atoms with Gasteiger partial charge in [0.1, 0.15) is 4.90 Å². The van der Waals surface area contributed by atoms with Crippen molar-refractivity contribution in [2.45, 2.75) is 32.1 Å². The van der Waals surface area contributed by atoms with Gasteiger partial charge in [-0.25, -0.2) is 13.1 Å². The van der Waals surface area contributed by atoms with Crippen LogP contribution in [-0.4, -0.2) is 34.7 Å². The molecule has 0 saturated heterocycles. The summed E-state index contributed by atoms with van der Waals surface area (Å²) in [6, 6.07) is 6.91. The van der Waals surface area contributed by atoms with Gasteiger partial charge < -0.3 is 10.1 Å². The summed E-state index contributed by atoms with van der Waals surface area (Å²) in [5, 5.41) is 3.06. The monoisotopic (exact) mass is 314 g/mol. The summed E-state index contributed by atoms with van der Waals surface area (Å²) in [5.74, 6) is 0.494. The van der Waals surface area contributed by atoms with Crippen molar-refractivity contribution in [3.63, 3.8) is 0 Å². The Hall–Kier alpha value is -1.11. The van der Waals surface area contributed by atoms with Crippen molar-refractivity contribution < 1.29 is 13.2 Å². The molecule has 1 aromatic rings. The minimum Gasteiger partial charge on any atom is -0.384 e. The Labute approximate surface area is 128 Å². The first-order valence-electron chi connectivity index (χ1n) is 7.37. The molecule has 1 rings (SSSR count). The second kappa shape index (κ2) is 9.02. The fourth-order valence-electron chi connectivity index (χ4n) is 1.82. The van der Waals surface area contributed by atoms with Crippen molar-refractivity contribution >= 4 is 15.7 Å². The third kappa shape index (κ3) is 6.46. The van der Waals surface area contributed by atoms with Gasteiger partial charge in [0.15, 0.2) is 0 Å². The summed E-state index contributed by atoms with van der Waals surface area (Å²) in [7, 11) is -3.48. The molecule has 0 saturated carbocycles. The summed E-state index contributed by atoms with van der Waals surface area (Å²) < 4.78 is 32.6. The van der Waals surface area contributed by atoms with E-state index in [-0.39, 0.29) is 4.90 Å². The Bertz CT molecular complexity index is 515. The van der Waals surface area contributed by atoms with Crippen molar-refractivity contribution in [3.05, 3.63) is 24.3 Å². The molecule has 1 aromatic carbocycles. The molecule has 0 fully saturated rings. The van der Waals surface area contributed by atoms with Crippen LogP contribution in [0.2, 0.25) is 0 Å². The van der Waals surface area contributed by atoms with Crippen LogP contribution in [0.25, 0.3) is 0 Å². The topological polar surface area (TPSA) is 67.4 Å². The first-order chi connectivity index (χ1) is 9.97. The fraction of sp³-hybridized carbons (Fsp3) is 0.600. The van der Waals surface area contributed by atoms with E-state index in [4.69, 9.17) is 4.74 Å². The molecule has 120 valence electrons. The Morgan fingerprint density at radius 1 is 1.24 bits per heavy atom. The zero-order chi connectivity index (χ0) is 15.7. The zero-order valence-corrected chi connectivity index (χ0v) is 13.9. The summed E-state index contributed by atoms with van der Waals surface area (Å²) in [4.78, 5) is 0.287. The number of para-hydroxylation sites is 1. The van der Waals surface area contributed by atoms with Gasteiger partial charge in [0, 0.05) is 26.3 Å². The van der Waals surface area contributed by atoms with E-state index in [1.54, 1.807) is 18.2 Å². The van der Waals surface area contributed by atoms with Gasteiger partial charge in [-0.05, 0) is 31.4 Å². The van der Waals surface area contributed by atoms with Gasteiger partial charge in [0.2, 0.25) is 10.0 Å². The average molecular weight is 314 g/mol. The Morgan fingerprint density at radius 2 is 1.95 bits per heavy atom. The Morgan fingerprint density at radius 3 is 2.62 bits per heavy atom. The van der Waals surface area contributed by atoms with Crippen molar-refractivity contribution in [2.24, 2.45) is 5.92 Å². The van der Waals surface area contributed by atoms with Crippen LogP contribution in [-0.2, 0) is 14.8 Å². The van der Waals surface area contributed by atoms with E-state index in [0.717, 1.165) is 0 Å². The number of hydrogen-bond donors (Lipinski definition) is 2. The minimum absolute atomic E-state index is 0.287. The Kier molecular flexibility index (Phi) is 7.71. The van der Waals surface area contributed by atoms with Crippen molar-refractivity contribution in [3.8, 4) is 0 Å². The van der Waals surface area contributed by atoms with Crippen LogP contribution in [0, 0.1) is 5.92 Å². The highest BCUT2D eigenvalue weighted by Gasteiger charge is 2.17. The lowest BCUT2D eigenvalue weighted by Gasteiger charge is -2.12. The number of hydrogen-bond acceptors (Lipinski definition) is 4. The van der Waals surface area contributed by atoms with Gasteiger partial charge in [0.25, 0.3) is 0 Å². The van der Waals surface area contributed by atoms with Crippen LogP contribution >= 0.6 is 0 Å². The third-order valence-corrected chi connectivity index (χ3v) is 4.27. The molecule has 2 N–H and O–H groups in total. The molecule has 0 heterocycles. The van der Waals surface area contributed by atoms with Crippen molar-refractivity contribution in [2.75, 3.05) is 31.6 Å². The fourth-order valence-corrected chi connectivity index (χ4v) is 3.07. The first kappa shape index (κ1) is 17.9. The molecule has 0 aliphatic carbocycles. The van der Waals surface area contributed by atoms with Crippen LogP contribution in [0.1, 0.15) is 27.2 Å².